The van der Waals surface area contributed by atoms with Crippen molar-refractivity contribution in [3.63, 3.8) is 0 Å². The van der Waals surface area contributed by atoms with E-state index in [4.69, 9.17) is 5.73 Å². The summed E-state index contributed by atoms with van der Waals surface area (Å²) >= 11 is 0. The number of hydrogen-bond donors (Lipinski definition) is 2. The van der Waals surface area contributed by atoms with Gasteiger partial charge in [-0.15, -0.1) is 0 Å². The first-order valence-corrected chi connectivity index (χ1v) is 5.28. The van der Waals surface area contributed by atoms with Crippen molar-refractivity contribution in [2.45, 2.75) is 31.5 Å². The van der Waals surface area contributed by atoms with E-state index < -0.39 is 17.3 Å². The molecule has 0 aliphatic rings. The molecule has 0 aromatic heterocycles. The van der Waals surface area contributed by atoms with Crippen LogP contribution in [0.4, 0.5) is 13.2 Å². The van der Waals surface area contributed by atoms with Crippen molar-refractivity contribution in [2.24, 2.45) is 5.73 Å². The summed E-state index contributed by atoms with van der Waals surface area (Å²) in [4.78, 5) is 0. The van der Waals surface area contributed by atoms with Crippen LogP contribution in [0, 0.1) is 0 Å². The Balaban J connectivity index is 2.96. The van der Waals surface area contributed by atoms with Crippen molar-refractivity contribution < 1.29 is 18.3 Å². The van der Waals surface area contributed by atoms with Crippen molar-refractivity contribution in [1.29, 1.82) is 0 Å². The van der Waals surface area contributed by atoms with Crippen molar-refractivity contribution in [3.8, 4) is 0 Å². The highest BCUT2D eigenvalue weighted by Gasteiger charge is 2.32. The molecule has 2 nitrogen and oxygen atoms in total. The first kappa shape index (κ1) is 14.0. The molecule has 0 aliphatic carbocycles. The van der Waals surface area contributed by atoms with Crippen LogP contribution < -0.4 is 5.73 Å². The van der Waals surface area contributed by atoms with Crippen LogP contribution in [-0.4, -0.2) is 17.3 Å². The summed E-state index contributed by atoms with van der Waals surface area (Å²) in [6.07, 6.45) is -4.34. The normalized spacial score (nSPS) is 17.6. The number of rotatable bonds is 3. The summed E-state index contributed by atoms with van der Waals surface area (Å²) < 4.78 is 37.1. The second-order valence-corrected chi connectivity index (χ2v) is 4.40. The molecule has 96 valence electrons. The van der Waals surface area contributed by atoms with Crippen LogP contribution in [0.25, 0.3) is 0 Å². The molecule has 0 saturated heterocycles. The molecule has 17 heavy (non-hydrogen) atoms. The van der Waals surface area contributed by atoms with E-state index in [1.807, 2.05) is 0 Å². The molecule has 0 aliphatic heterocycles. The van der Waals surface area contributed by atoms with Crippen LogP contribution in [0.3, 0.4) is 0 Å². The fourth-order valence-electron chi connectivity index (χ4n) is 1.50. The van der Waals surface area contributed by atoms with Gasteiger partial charge in [0.15, 0.2) is 0 Å². The molecular weight excluding hydrogens is 231 g/mol. The first-order valence-electron chi connectivity index (χ1n) is 5.28. The number of halogens is 3. The van der Waals surface area contributed by atoms with E-state index in [9.17, 15) is 18.3 Å². The van der Waals surface area contributed by atoms with Crippen LogP contribution >= 0.6 is 0 Å². The summed E-state index contributed by atoms with van der Waals surface area (Å²) in [6.45, 7) is 3.35. The van der Waals surface area contributed by atoms with Crippen molar-refractivity contribution in [1.82, 2.24) is 0 Å². The van der Waals surface area contributed by atoms with Gasteiger partial charge in [0.05, 0.1) is 11.2 Å². The maximum absolute atomic E-state index is 12.4. The Morgan fingerprint density at radius 1 is 1.24 bits per heavy atom. The van der Waals surface area contributed by atoms with Crippen LogP contribution in [-0.2, 0) is 6.18 Å². The highest BCUT2D eigenvalue weighted by molar-refractivity contribution is 5.28. The molecule has 0 saturated carbocycles. The fraction of sp³-hybridized carbons (Fsp3) is 0.500. The van der Waals surface area contributed by atoms with Gasteiger partial charge in [-0.1, -0.05) is 19.1 Å². The lowest BCUT2D eigenvalue weighted by Crippen LogP contribution is -2.39. The minimum Gasteiger partial charge on any atom is -0.388 e. The molecule has 2 atom stereocenters. The zero-order valence-corrected chi connectivity index (χ0v) is 9.75. The van der Waals surface area contributed by atoms with Gasteiger partial charge >= 0.3 is 6.18 Å². The molecular formula is C12H16F3NO. The minimum absolute atomic E-state index is 0.0508. The Hall–Kier alpha value is -1.07. The van der Waals surface area contributed by atoms with Gasteiger partial charge in [-0.05, 0) is 24.6 Å². The van der Waals surface area contributed by atoms with Gasteiger partial charge in [-0.3, -0.25) is 0 Å². The predicted molar refractivity (Wildman–Crippen MR) is 59.5 cm³/mol. The lowest BCUT2D eigenvalue weighted by molar-refractivity contribution is -0.137. The highest BCUT2D eigenvalue weighted by atomic mass is 19.4. The third-order valence-electron chi connectivity index (χ3n) is 3.08. The number of nitrogens with two attached hydrogens (primary N) is 1. The highest BCUT2D eigenvalue weighted by Crippen LogP contribution is 2.32. The topological polar surface area (TPSA) is 46.2 Å². The SMILES string of the molecule is CC(c1ccc(C(F)(F)F)cc1)C(C)(O)CN. The Kier molecular flexibility index (Phi) is 3.84. The van der Waals surface area contributed by atoms with Crippen LogP contribution in [0.2, 0.25) is 0 Å². The molecule has 3 N–H and O–H groups in total. The van der Waals surface area contributed by atoms with Crippen LogP contribution in [0.1, 0.15) is 30.9 Å². The fourth-order valence-corrected chi connectivity index (χ4v) is 1.50. The quantitative estimate of drug-likeness (QED) is 0.862. The predicted octanol–water partition coefficient (Wildman–Crippen LogP) is 2.52. The zero-order valence-electron chi connectivity index (χ0n) is 9.75. The molecule has 0 spiro atoms. The van der Waals surface area contributed by atoms with Crippen LogP contribution in [0.15, 0.2) is 24.3 Å². The van der Waals surface area contributed by atoms with E-state index in [-0.39, 0.29) is 12.5 Å². The Bertz CT molecular complexity index is 370. The second kappa shape index (κ2) is 4.66. The lowest BCUT2D eigenvalue weighted by Gasteiger charge is -2.29. The summed E-state index contributed by atoms with van der Waals surface area (Å²) in [5.74, 6) is -0.324. The standard InChI is InChI=1S/C12H16F3NO/c1-8(11(2,17)7-16)9-3-5-10(6-4-9)12(13,14)15/h3-6,8,17H,7,16H2,1-2H3. The van der Waals surface area contributed by atoms with Crippen molar-refractivity contribution in [2.75, 3.05) is 6.54 Å². The number of alkyl halides is 3. The van der Waals surface area contributed by atoms with E-state index in [2.05, 4.69) is 0 Å². The average molecular weight is 247 g/mol. The summed E-state index contributed by atoms with van der Waals surface area (Å²) in [6, 6.07) is 4.77. The van der Waals surface area contributed by atoms with Gasteiger partial charge in [0, 0.05) is 12.5 Å². The molecule has 2 unspecified atom stereocenters. The molecule has 0 radical (unpaired) electrons. The second-order valence-electron chi connectivity index (χ2n) is 4.40. The minimum atomic E-state index is -4.34. The van der Waals surface area contributed by atoms with E-state index in [1.54, 1.807) is 13.8 Å². The number of hydrogen-bond acceptors (Lipinski definition) is 2. The number of aliphatic hydroxyl groups is 1. The molecule has 0 amide bonds. The molecule has 1 aromatic carbocycles. The lowest BCUT2D eigenvalue weighted by atomic mass is 9.84. The van der Waals surface area contributed by atoms with Gasteiger partial charge in [-0.25, -0.2) is 0 Å². The summed E-state index contributed by atoms with van der Waals surface area (Å²) in [7, 11) is 0. The zero-order chi connectivity index (χ0) is 13.3. The van der Waals surface area contributed by atoms with E-state index in [0.29, 0.717) is 5.56 Å². The molecule has 0 fully saturated rings. The van der Waals surface area contributed by atoms with Gasteiger partial charge in [0.2, 0.25) is 0 Å². The van der Waals surface area contributed by atoms with E-state index in [0.717, 1.165) is 12.1 Å². The van der Waals surface area contributed by atoms with Crippen LogP contribution in [0.5, 0.6) is 0 Å². The van der Waals surface area contributed by atoms with Crippen molar-refractivity contribution >= 4 is 0 Å². The molecule has 0 bridgehead atoms. The van der Waals surface area contributed by atoms with E-state index in [1.165, 1.54) is 12.1 Å². The first-order chi connectivity index (χ1) is 7.68. The maximum Gasteiger partial charge on any atom is 0.416 e. The number of benzene rings is 1. The molecule has 0 heterocycles. The molecule has 1 rings (SSSR count). The third-order valence-corrected chi connectivity index (χ3v) is 3.08. The van der Waals surface area contributed by atoms with Crippen molar-refractivity contribution in [3.05, 3.63) is 35.4 Å². The van der Waals surface area contributed by atoms with Gasteiger partial charge in [0.25, 0.3) is 0 Å². The van der Waals surface area contributed by atoms with Gasteiger partial charge in [0.1, 0.15) is 0 Å². The average Bonchev–Trinajstić information content (AvgIpc) is 2.27. The van der Waals surface area contributed by atoms with Gasteiger partial charge < -0.3 is 10.8 Å². The maximum atomic E-state index is 12.4. The van der Waals surface area contributed by atoms with Gasteiger partial charge in [-0.2, -0.15) is 13.2 Å². The Labute approximate surface area is 98.3 Å². The molecule has 1 aromatic rings. The summed E-state index contributed by atoms with van der Waals surface area (Å²) in [5, 5.41) is 9.93. The van der Waals surface area contributed by atoms with E-state index >= 15 is 0 Å². The molecule has 5 heteroatoms. The Morgan fingerprint density at radius 2 is 1.71 bits per heavy atom. The smallest absolute Gasteiger partial charge is 0.388 e. The monoisotopic (exact) mass is 247 g/mol. The largest absolute Gasteiger partial charge is 0.416 e. The summed E-state index contributed by atoms with van der Waals surface area (Å²) in [5.41, 5.74) is 4.23. The third kappa shape index (κ3) is 3.20. The Morgan fingerprint density at radius 3 is 2.06 bits per heavy atom.